The van der Waals surface area contributed by atoms with Crippen LogP contribution < -0.4 is 5.32 Å². The molecule has 2 heterocycles. The topological polar surface area (TPSA) is 61.0 Å². The fourth-order valence-corrected chi connectivity index (χ4v) is 3.65. The van der Waals surface area contributed by atoms with E-state index in [-0.39, 0.29) is 17.8 Å². The third-order valence-corrected chi connectivity index (χ3v) is 5.02. The molecular formula is C18H22ClFN4O. The minimum atomic E-state index is -0.337. The van der Waals surface area contributed by atoms with Gasteiger partial charge in [-0.05, 0) is 44.5 Å². The van der Waals surface area contributed by atoms with Gasteiger partial charge in [-0.2, -0.15) is 5.10 Å². The third-order valence-electron chi connectivity index (χ3n) is 4.69. The predicted molar refractivity (Wildman–Crippen MR) is 95.3 cm³/mol. The largest absolute Gasteiger partial charge is 0.350 e. The molecule has 0 bridgehead atoms. The summed E-state index contributed by atoms with van der Waals surface area (Å²) >= 11 is 6.27. The van der Waals surface area contributed by atoms with Crippen molar-refractivity contribution in [3.05, 3.63) is 52.1 Å². The average molecular weight is 365 g/mol. The molecule has 134 valence electrons. The number of carbonyl (C=O) groups excluding carboxylic acids is 1. The van der Waals surface area contributed by atoms with Gasteiger partial charge in [0.2, 0.25) is 0 Å². The van der Waals surface area contributed by atoms with Gasteiger partial charge in [-0.25, -0.2) is 4.39 Å². The normalized spacial score (nSPS) is 16.1. The molecule has 7 heteroatoms. The number of aromatic nitrogens is 2. The molecule has 0 aliphatic carbocycles. The fraction of sp³-hybridized carbons (Fsp3) is 0.444. The maximum Gasteiger partial charge on any atom is 0.254 e. The van der Waals surface area contributed by atoms with Crippen molar-refractivity contribution in [2.24, 2.45) is 0 Å². The molecule has 2 N–H and O–H groups in total. The van der Waals surface area contributed by atoms with Crippen molar-refractivity contribution in [1.29, 1.82) is 0 Å². The van der Waals surface area contributed by atoms with Crippen LogP contribution in [0.25, 0.3) is 0 Å². The Morgan fingerprint density at radius 3 is 2.88 bits per heavy atom. The number of carbonyl (C=O) groups is 1. The minimum Gasteiger partial charge on any atom is -0.350 e. The number of benzene rings is 1. The second-order valence-electron chi connectivity index (χ2n) is 6.22. The number of hydrogen-bond acceptors (Lipinski definition) is 3. The second kappa shape index (κ2) is 7.97. The van der Waals surface area contributed by atoms with Gasteiger partial charge in [-0.3, -0.25) is 14.8 Å². The van der Waals surface area contributed by atoms with Gasteiger partial charge in [0.25, 0.3) is 5.91 Å². The molecule has 1 unspecified atom stereocenters. The fourth-order valence-electron chi connectivity index (χ4n) is 3.36. The van der Waals surface area contributed by atoms with E-state index in [1.54, 1.807) is 12.1 Å². The van der Waals surface area contributed by atoms with Crippen LogP contribution in [-0.2, 0) is 6.42 Å². The summed E-state index contributed by atoms with van der Waals surface area (Å²) in [6.45, 7) is 4.00. The van der Waals surface area contributed by atoms with Crippen LogP contribution >= 0.6 is 11.6 Å². The standard InChI is InChI=1S/C18H22ClFN4O/c1-2-15-12(10-22-23-15)18(25)21-11-16(24-8-3-4-9-24)17-13(19)6-5-7-14(17)20/h5-7,10,16H,2-4,8-9,11H2,1H3,(H,21,25)(H,22,23). The summed E-state index contributed by atoms with van der Waals surface area (Å²) in [6, 6.07) is 4.42. The number of halogens is 2. The number of aromatic amines is 1. The highest BCUT2D eigenvalue weighted by Crippen LogP contribution is 2.32. The summed E-state index contributed by atoms with van der Waals surface area (Å²) in [5.41, 5.74) is 1.77. The molecular weight excluding hydrogens is 343 g/mol. The Bertz CT molecular complexity index is 722. The number of aryl methyl sites for hydroxylation is 1. The quantitative estimate of drug-likeness (QED) is 0.826. The van der Waals surface area contributed by atoms with Crippen LogP contribution in [0.5, 0.6) is 0 Å². The molecule has 0 radical (unpaired) electrons. The Morgan fingerprint density at radius 2 is 2.20 bits per heavy atom. The van der Waals surface area contributed by atoms with Crippen LogP contribution in [0, 0.1) is 5.82 Å². The van der Waals surface area contributed by atoms with Gasteiger partial charge >= 0.3 is 0 Å². The second-order valence-corrected chi connectivity index (χ2v) is 6.63. The van der Waals surface area contributed by atoms with Crippen LogP contribution in [-0.4, -0.2) is 40.6 Å². The summed E-state index contributed by atoms with van der Waals surface area (Å²) < 4.78 is 14.4. The van der Waals surface area contributed by atoms with Crippen molar-refractivity contribution in [3.63, 3.8) is 0 Å². The van der Waals surface area contributed by atoms with E-state index in [4.69, 9.17) is 11.6 Å². The molecule has 1 atom stereocenters. The van der Waals surface area contributed by atoms with Crippen molar-refractivity contribution in [3.8, 4) is 0 Å². The first-order chi connectivity index (χ1) is 12.1. The Balaban J connectivity index is 1.80. The minimum absolute atomic E-state index is 0.206. The highest BCUT2D eigenvalue weighted by Gasteiger charge is 2.28. The summed E-state index contributed by atoms with van der Waals surface area (Å²) in [4.78, 5) is 14.7. The maximum absolute atomic E-state index is 14.4. The first kappa shape index (κ1) is 17.9. The van der Waals surface area contributed by atoms with E-state index in [2.05, 4.69) is 20.4 Å². The van der Waals surface area contributed by atoms with Gasteiger partial charge in [-0.1, -0.05) is 24.6 Å². The van der Waals surface area contributed by atoms with Crippen molar-refractivity contribution >= 4 is 17.5 Å². The zero-order valence-electron chi connectivity index (χ0n) is 14.2. The van der Waals surface area contributed by atoms with Crippen molar-refractivity contribution in [2.45, 2.75) is 32.2 Å². The van der Waals surface area contributed by atoms with Crippen LogP contribution in [0.4, 0.5) is 4.39 Å². The number of rotatable bonds is 6. The van der Waals surface area contributed by atoms with E-state index in [1.165, 1.54) is 12.3 Å². The molecule has 3 rings (SSSR count). The Hall–Kier alpha value is -1.92. The van der Waals surface area contributed by atoms with Gasteiger partial charge in [0.05, 0.1) is 17.8 Å². The lowest BCUT2D eigenvalue weighted by Crippen LogP contribution is -2.37. The summed E-state index contributed by atoms with van der Waals surface area (Å²) in [6.07, 6.45) is 4.35. The average Bonchev–Trinajstić information content (AvgIpc) is 3.28. The number of nitrogens with one attached hydrogen (secondary N) is 2. The molecule has 1 aromatic heterocycles. The van der Waals surface area contributed by atoms with Crippen molar-refractivity contribution in [2.75, 3.05) is 19.6 Å². The number of amides is 1. The number of likely N-dealkylation sites (tertiary alicyclic amines) is 1. The Kier molecular flexibility index (Phi) is 5.71. The number of H-pyrrole nitrogens is 1. The highest BCUT2D eigenvalue weighted by molar-refractivity contribution is 6.31. The number of hydrogen-bond donors (Lipinski definition) is 2. The summed E-state index contributed by atoms with van der Waals surface area (Å²) in [7, 11) is 0. The molecule has 1 fully saturated rings. The van der Waals surface area contributed by atoms with Gasteiger partial charge < -0.3 is 5.32 Å². The van der Waals surface area contributed by atoms with Crippen molar-refractivity contribution in [1.82, 2.24) is 20.4 Å². The lowest BCUT2D eigenvalue weighted by atomic mass is 10.0. The molecule has 0 saturated carbocycles. The lowest BCUT2D eigenvalue weighted by molar-refractivity contribution is 0.0936. The van der Waals surface area contributed by atoms with Crippen LogP contribution in [0.3, 0.4) is 0 Å². The van der Waals surface area contributed by atoms with E-state index in [1.807, 2.05) is 6.92 Å². The zero-order chi connectivity index (χ0) is 17.8. The molecule has 2 aromatic rings. The van der Waals surface area contributed by atoms with E-state index < -0.39 is 0 Å². The summed E-state index contributed by atoms with van der Waals surface area (Å²) in [5.74, 6) is -0.543. The van der Waals surface area contributed by atoms with E-state index in [9.17, 15) is 9.18 Å². The maximum atomic E-state index is 14.4. The van der Waals surface area contributed by atoms with Crippen LogP contribution in [0.2, 0.25) is 5.02 Å². The molecule has 0 spiro atoms. The monoisotopic (exact) mass is 364 g/mol. The van der Waals surface area contributed by atoms with E-state index >= 15 is 0 Å². The third kappa shape index (κ3) is 3.85. The van der Waals surface area contributed by atoms with Gasteiger partial charge in [0, 0.05) is 22.8 Å². The van der Waals surface area contributed by atoms with E-state index in [0.29, 0.717) is 29.1 Å². The van der Waals surface area contributed by atoms with Gasteiger partial charge in [-0.15, -0.1) is 0 Å². The smallest absolute Gasteiger partial charge is 0.254 e. The summed E-state index contributed by atoms with van der Waals surface area (Å²) in [5, 5.41) is 10.1. The van der Waals surface area contributed by atoms with E-state index in [0.717, 1.165) is 31.6 Å². The molecule has 1 aromatic carbocycles. The molecule has 1 aliphatic rings. The first-order valence-corrected chi connectivity index (χ1v) is 8.98. The van der Waals surface area contributed by atoms with Gasteiger partial charge in [0.15, 0.2) is 0 Å². The Morgan fingerprint density at radius 1 is 1.44 bits per heavy atom. The Labute approximate surface area is 151 Å². The predicted octanol–water partition coefficient (Wildman–Crippen LogP) is 3.33. The zero-order valence-corrected chi connectivity index (χ0v) is 14.9. The van der Waals surface area contributed by atoms with Crippen LogP contribution in [0.15, 0.2) is 24.4 Å². The SMILES string of the molecule is CCc1[nH]ncc1C(=O)NCC(c1c(F)cccc1Cl)N1CCCC1. The van der Waals surface area contributed by atoms with Crippen LogP contribution in [0.1, 0.15) is 47.4 Å². The first-order valence-electron chi connectivity index (χ1n) is 8.60. The molecule has 25 heavy (non-hydrogen) atoms. The molecule has 1 aliphatic heterocycles. The lowest BCUT2D eigenvalue weighted by Gasteiger charge is -2.29. The number of nitrogens with zero attached hydrogens (tertiary/aromatic N) is 2. The van der Waals surface area contributed by atoms with Gasteiger partial charge in [0.1, 0.15) is 5.82 Å². The molecule has 1 amide bonds. The molecule has 5 nitrogen and oxygen atoms in total. The van der Waals surface area contributed by atoms with Crippen molar-refractivity contribution < 1.29 is 9.18 Å². The molecule has 1 saturated heterocycles. The highest BCUT2D eigenvalue weighted by atomic mass is 35.5.